The molecule has 1 aliphatic carbocycles. The van der Waals surface area contributed by atoms with E-state index in [0.29, 0.717) is 6.04 Å². The second kappa shape index (κ2) is 13.0. The zero-order chi connectivity index (χ0) is 23.5. The number of aliphatic imine (C=N–C) groups is 1. The van der Waals surface area contributed by atoms with Crippen LogP contribution in [0.5, 0.6) is 0 Å². The summed E-state index contributed by atoms with van der Waals surface area (Å²) in [6.07, 6.45) is 16.0. The molecular formula is C28H41N5. The molecule has 0 radical (unpaired) electrons. The Kier molecular flexibility index (Phi) is 9.79. The summed E-state index contributed by atoms with van der Waals surface area (Å²) in [5, 5.41) is 18.3. The fourth-order valence-electron chi connectivity index (χ4n) is 4.69. The predicted molar refractivity (Wildman–Crippen MR) is 143 cm³/mol. The number of anilines is 1. The molecule has 1 aromatic carbocycles. The number of para-hydroxylation sites is 2. The normalized spacial score (nSPS) is 21.0. The highest BCUT2D eigenvalue weighted by molar-refractivity contribution is 5.93. The highest BCUT2D eigenvalue weighted by atomic mass is 15.0. The Hall–Kier alpha value is -2.82. The number of rotatable bonds is 13. The topological polar surface area (TPSA) is 72.3 Å². The van der Waals surface area contributed by atoms with E-state index in [1.807, 2.05) is 36.7 Å². The van der Waals surface area contributed by atoms with Gasteiger partial charge in [0, 0.05) is 42.5 Å². The Morgan fingerprint density at radius 2 is 2.21 bits per heavy atom. The van der Waals surface area contributed by atoms with E-state index in [4.69, 9.17) is 5.41 Å². The molecule has 0 saturated heterocycles. The predicted octanol–water partition coefficient (Wildman–Crippen LogP) is 6.49. The molecule has 3 rings (SSSR count). The van der Waals surface area contributed by atoms with Crippen molar-refractivity contribution in [1.82, 2.24) is 10.6 Å². The van der Waals surface area contributed by atoms with Crippen molar-refractivity contribution in [2.24, 2.45) is 10.9 Å². The number of allylic oxidation sites excluding steroid dienone is 2. The lowest BCUT2D eigenvalue weighted by molar-refractivity contribution is 0.382. The lowest BCUT2D eigenvalue weighted by Crippen LogP contribution is -2.32. The molecule has 1 fully saturated rings. The van der Waals surface area contributed by atoms with Crippen molar-refractivity contribution in [2.45, 2.75) is 76.8 Å². The summed E-state index contributed by atoms with van der Waals surface area (Å²) >= 11 is 0. The Morgan fingerprint density at radius 1 is 1.36 bits per heavy atom. The lowest BCUT2D eigenvalue weighted by Gasteiger charge is -2.24. The third-order valence-corrected chi connectivity index (χ3v) is 6.76. The molecule has 1 heterocycles. The number of nitrogens with zero attached hydrogens (tertiary/aromatic N) is 1. The van der Waals surface area contributed by atoms with Crippen molar-refractivity contribution in [2.75, 3.05) is 11.9 Å². The zero-order valence-corrected chi connectivity index (χ0v) is 20.2. The van der Waals surface area contributed by atoms with Crippen LogP contribution in [0.4, 0.5) is 11.4 Å². The van der Waals surface area contributed by atoms with E-state index in [0.717, 1.165) is 54.4 Å². The summed E-state index contributed by atoms with van der Waals surface area (Å²) in [5.74, 6) is 0.833. The maximum absolute atomic E-state index is 7.86. The summed E-state index contributed by atoms with van der Waals surface area (Å²) in [4.78, 5) is 4.53. The van der Waals surface area contributed by atoms with Gasteiger partial charge in [-0.3, -0.25) is 4.99 Å². The second-order valence-electron chi connectivity index (χ2n) is 9.40. The average Bonchev–Trinajstić information content (AvgIpc) is 2.83. The van der Waals surface area contributed by atoms with E-state index < -0.39 is 0 Å². The number of hydrogen-bond donors (Lipinski definition) is 4. The molecule has 5 heteroatoms. The molecule has 4 N–H and O–H groups in total. The van der Waals surface area contributed by atoms with Gasteiger partial charge in [-0.2, -0.15) is 0 Å². The van der Waals surface area contributed by atoms with Gasteiger partial charge in [0.2, 0.25) is 0 Å². The largest absolute Gasteiger partial charge is 0.389 e. The molecular weight excluding hydrogens is 406 g/mol. The molecule has 0 amide bonds. The number of hydrogen-bond acceptors (Lipinski definition) is 5. The zero-order valence-electron chi connectivity index (χ0n) is 20.2. The van der Waals surface area contributed by atoms with Crippen molar-refractivity contribution >= 4 is 23.8 Å². The van der Waals surface area contributed by atoms with Gasteiger partial charge in [-0.15, -0.1) is 0 Å². The molecule has 5 nitrogen and oxygen atoms in total. The van der Waals surface area contributed by atoms with Gasteiger partial charge in [0.15, 0.2) is 0 Å². The van der Waals surface area contributed by atoms with E-state index in [1.165, 1.54) is 50.3 Å². The van der Waals surface area contributed by atoms with Crippen molar-refractivity contribution in [3.05, 3.63) is 60.5 Å². The third kappa shape index (κ3) is 7.92. The van der Waals surface area contributed by atoms with Gasteiger partial charge in [0.05, 0.1) is 17.4 Å². The van der Waals surface area contributed by atoms with Crippen LogP contribution in [0.1, 0.15) is 64.7 Å². The fourth-order valence-corrected chi connectivity index (χ4v) is 4.69. The Balaban J connectivity index is 1.37. The molecule has 3 unspecified atom stereocenters. The van der Waals surface area contributed by atoms with E-state index in [9.17, 15) is 0 Å². The average molecular weight is 448 g/mol. The summed E-state index contributed by atoms with van der Waals surface area (Å²) in [6, 6.07) is 8.24. The van der Waals surface area contributed by atoms with Crippen molar-refractivity contribution in [3.63, 3.8) is 0 Å². The first kappa shape index (κ1) is 24.8. The first-order valence-corrected chi connectivity index (χ1v) is 12.5. The smallest absolute Gasteiger partial charge is 0.0899 e. The highest BCUT2D eigenvalue weighted by Gasteiger charge is 2.17. The molecule has 2 aliphatic rings. The number of benzene rings is 1. The van der Waals surface area contributed by atoms with E-state index in [2.05, 4.69) is 41.0 Å². The van der Waals surface area contributed by atoms with Crippen LogP contribution in [0.15, 0.2) is 65.5 Å². The molecule has 3 atom stereocenters. The Bertz CT molecular complexity index is 869. The van der Waals surface area contributed by atoms with Crippen molar-refractivity contribution < 1.29 is 0 Å². The quantitative estimate of drug-likeness (QED) is 0.206. The molecule has 1 aliphatic heterocycles. The van der Waals surface area contributed by atoms with Crippen molar-refractivity contribution in [3.8, 4) is 0 Å². The van der Waals surface area contributed by atoms with Gasteiger partial charge in [-0.1, -0.05) is 37.8 Å². The molecule has 1 aromatic rings. The van der Waals surface area contributed by atoms with Gasteiger partial charge in [-0.05, 0) is 75.8 Å². The van der Waals surface area contributed by atoms with Crippen LogP contribution in [-0.4, -0.2) is 31.1 Å². The van der Waals surface area contributed by atoms with Crippen LogP contribution in [0.3, 0.4) is 0 Å². The first-order valence-electron chi connectivity index (χ1n) is 12.5. The molecule has 0 spiro atoms. The molecule has 33 heavy (non-hydrogen) atoms. The van der Waals surface area contributed by atoms with Crippen molar-refractivity contribution in [1.29, 1.82) is 5.41 Å². The van der Waals surface area contributed by atoms with Crippen LogP contribution in [-0.2, 0) is 0 Å². The van der Waals surface area contributed by atoms with Crippen LogP contribution >= 0.6 is 0 Å². The summed E-state index contributed by atoms with van der Waals surface area (Å²) in [7, 11) is 0. The Morgan fingerprint density at radius 3 is 3.00 bits per heavy atom. The van der Waals surface area contributed by atoms with Gasteiger partial charge in [0.25, 0.3) is 0 Å². The van der Waals surface area contributed by atoms with Gasteiger partial charge >= 0.3 is 0 Å². The summed E-state index contributed by atoms with van der Waals surface area (Å²) in [6.45, 7) is 11.5. The van der Waals surface area contributed by atoms with Crippen LogP contribution < -0.4 is 16.0 Å². The SMILES string of the molecule is C=C1CCCC(CCCC(=C)NCCC(CC)N/C=C(\C=N)C2C=Nc3ccccc3N2)C1. The molecule has 0 aromatic heterocycles. The third-order valence-electron chi connectivity index (χ3n) is 6.76. The Labute approximate surface area is 200 Å². The second-order valence-corrected chi connectivity index (χ2v) is 9.40. The lowest BCUT2D eigenvalue weighted by atomic mass is 9.83. The molecule has 1 saturated carbocycles. The van der Waals surface area contributed by atoms with Gasteiger partial charge < -0.3 is 21.4 Å². The minimum atomic E-state index is -0.0957. The summed E-state index contributed by atoms with van der Waals surface area (Å²) < 4.78 is 0. The number of nitrogens with one attached hydrogen (secondary N) is 4. The first-order chi connectivity index (χ1) is 16.1. The van der Waals surface area contributed by atoms with Gasteiger partial charge in [0.1, 0.15) is 0 Å². The standard InChI is InChI=1S/C28H41N5/c1-4-25(15-16-30-22(3)10-8-12-23-11-7-9-21(2)17-23)31-19-24(18-29)28-20-32-26-13-5-6-14-27(26)33-28/h5-6,13-14,18-20,23,25,28-31,33H,2-4,7-12,15-17H2,1H3/b24-19+,29-18?. The van der Waals surface area contributed by atoms with E-state index in [-0.39, 0.29) is 6.04 Å². The maximum atomic E-state index is 7.86. The molecule has 0 bridgehead atoms. The van der Waals surface area contributed by atoms with Crippen LogP contribution in [0.25, 0.3) is 0 Å². The van der Waals surface area contributed by atoms with Crippen LogP contribution in [0, 0.1) is 11.3 Å². The monoisotopic (exact) mass is 447 g/mol. The minimum absolute atomic E-state index is 0.0957. The highest BCUT2D eigenvalue weighted by Crippen LogP contribution is 2.31. The number of fused-ring (bicyclic) bond motifs is 1. The van der Waals surface area contributed by atoms with Gasteiger partial charge in [-0.25, -0.2) is 0 Å². The molecule has 178 valence electrons. The fraction of sp³-hybridized carbons (Fsp3) is 0.500. The maximum Gasteiger partial charge on any atom is 0.0899 e. The van der Waals surface area contributed by atoms with E-state index in [1.54, 1.807) is 0 Å². The summed E-state index contributed by atoms with van der Waals surface area (Å²) in [5.41, 5.74) is 5.40. The van der Waals surface area contributed by atoms with Crippen LogP contribution in [0.2, 0.25) is 0 Å². The minimum Gasteiger partial charge on any atom is -0.389 e. The van der Waals surface area contributed by atoms with E-state index >= 15 is 0 Å².